The van der Waals surface area contributed by atoms with E-state index in [1.165, 1.54) is 152 Å². The molecule has 0 aliphatic heterocycles. The van der Waals surface area contributed by atoms with E-state index in [-0.39, 0.29) is 0 Å². The summed E-state index contributed by atoms with van der Waals surface area (Å²) < 4.78 is 0. The number of nitrogens with zero attached hydrogens (tertiary/aromatic N) is 2. The van der Waals surface area contributed by atoms with Crippen LogP contribution in [-0.2, 0) is 12.8 Å². The summed E-state index contributed by atoms with van der Waals surface area (Å²) in [7, 11) is 0. The average molecular weight is 519 g/mol. The Kier molecular flexibility index (Phi) is 19.5. The molecule has 0 heterocycles. The Balaban J connectivity index is 1.53. The van der Waals surface area contributed by atoms with Crippen molar-refractivity contribution in [2.24, 2.45) is 10.2 Å². The summed E-state index contributed by atoms with van der Waals surface area (Å²) in [6.45, 7) is 4.58. The van der Waals surface area contributed by atoms with Gasteiger partial charge in [-0.1, -0.05) is 154 Å². The van der Waals surface area contributed by atoms with Gasteiger partial charge in [-0.05, 0) is 61.1 Å². The number of benzene rings is 2. The Bertz CT molecular complexity index is 737. The molecule has 0 spiro atoms. The van der Waals surface area contributed by atoms with Gasteiger partial charge in [-0.15, -0.1) is 0 Å². The van der Waals surface area contributed by atoms with Crippen molar-refractivity contribution in [3.05, 3.63) is 59.7 Å². The van der Waals surface area contributed by atoms with Crippen molar-refractivity contribution in [3.8, 4) is 0 Å². The number of unbranched alkanes of at least 4 members (excludes halogenated alkanes) is 18. The van der Waals surface area contributed by atoms with Crippen LogP contribution < -0.4 is 0 Å². The molecular weight excluding hydrogens is 460 g/mol. The van der Waals surface area contributed by atoms with E-state index < -0.39 is 0 Å². The van der Waals surface area contributed by atoms with Crippen molar-refractivity contribution in [2.45, 2.75) is 155 Å². The van der Waals surface area contributed by atoms with E-state index in [0.29, 0.717) is 0 Å². The largest absolute Gasteiger partial charge is 0.151 e. The fraction of sp³-hybridized carbons (Fsp3) is 0.667. The van der Waals surface area contributed by atoms with Gasteiger partial charge in [0, 0.05) is 0 Å². The molecule has 2 rings (SSSR count). The third kappa shape index (κ3) is 16.8. The summed E-state index contributed by atoms with van der Waals surface area (Å²) in [6, 6.07) is 17.3. The van der Waals surface area contributed by atoms with Crippen LogP contribution in [0.4, 0.5) is 11.4 Å². The zero-order chi connectivity index (χ0) is 26.9. The van der Waals surface area contributed by atoms with Crippen LogP contribution >= 0.6 is 0 Å². The van der Waals surface area contributed by atoms with Gasteiger partial charge < -0.3 is 0 Å². The lowest BCUT2D eigenvalue weighted by atomic mass is 10.0. The molecule has 0 aliphatic rings. The average Bonchev–Trinajstić information content (AvgIpc) is 2.95. The normalized spacial score (nSPS) is 11.5. The number of azo groups is 1. The second-order valence-electron chi connectivity index (χ2n) is 11.4. The third-order valence-electron chi connectivity index (χ3n) is 7.79. The summed E-state index contributed by atoms with van der Waals surface area (Å²) in [5.41, 5.74) is 4.71. The number of hydrogen-bond donors (Lipinski definition) is 0. The summed E-state index contributed by atoms with van der Waals surface area (Å²) in [4.78, 5) is 0. The molecule has 2 nitrogen and oxygen atoms in total. The van der Waals surface area contributed by atoms with Crippen LogP contribution in [0.2, 0.25) is 0 Å². The molecule has 0 aliphatic carbocycles. The maximum atomic E-state index is 4.46. The molecule has 0 unspecified atom stereocenters. The molecule has 0 radical (unpaired) electrons. The molecule has 0 amide bonds. The topological polar surface area (TPSA) is 24.7 Å². The fourth-order valence-electron chi connectivity index (χ4n) is 5.21. The molecule has 38 heavy (non-hydrogen) atoms. The van der Waals surface area contributed by atoms with Gasteiger partial charge in [0.1, 0.15) is 0 Å². The maximum absolute atomic E-state index is 4.46. The Morgan fingerprint density at radius 2 is 0.605 bits per heavy atom. The smallest absolute Gasteiger partial charge is 0.0857 e. The van der Waals surface area contributed by atoms with Crippen LogP contribution in [0.1, 0.15) is 153 Å². The quantitative estimate of drug-likeness (QED) is 0.0975. The van der Waals surface area contributed by atoms with Crippen LogP contribution in [0.3, 0.4) is 0 Å². The minimum absolute atomic E-state index is 0.936. The van der Waals surface area contributed by atoms with Crippen LogP contribution in [0, 0.1) is 0 Å². The monoisotopic (exact) mass is 518 g/mol. The second kappa shape index (κ2) is 23.0. The first kappa shape index (κ1) is 32.3. The highest BCUT2D eigenvalue weighted by Crippen LogP contribution is 2.21. The van der Waals surface area contributed by atoms with Crippen molar-refractivity contribution in [2.75, 3.05) is 0 Å². The Hall–Kier alpha value is -1.96. The van der Waals surface area contributed by atoms with Gasteiger partial charge in [0.25, 0.3) is 0 Å². The van der Waals surface area contributed by atoms with Gasteiger partial charge >= 0.3 is 0 Å². The summed E-state index contributed by atoms with van der Waals surface area (Å²) >= 11 is 0. The van der Waals surface area contributed by atoms with Gasteiger partial charge in [-0.3, -0.25) is 0 Å². The van der Waals surface area contributed by atoms with E-state index in [2.05, 4.69) is 72.6 Å². The Labute approximate surface area is 236 Å². The Morgan fingerprint density at radius 3 is 0.895 bits per heavy atom. The predicted molar refractivity (Wildman–Crippen MR) is 168 cm³/mol. The zero-order valence-corrected chi connectivity index (χ0v) is 25.1. The van der Waals surface area contributed by atoms with Crippen molar-refractivity contribution in [1.82, 2.24) is 0 Å². The predicted octanol–water partition coefficient (Wildman–Crippen LogP) is 13.0. The van der Waals surface area contributed by atoms with E-state index in [9.17, 15) is 0 Å². The first-order valence-corrected chi connectivity index (χ1v) is 16.4. The maximum Gasteiger partial charge on any atom is 0.0857 e. The molecule has 0 bridgehead atoms. The molecule has 0 saturated carbocycles. The summed E-state index contributed by atoms with van der Waals surface area (Å²) in [5, 5.41) is 8.91. The highest BCUT2D eigenvalue weighted by atomic mass is 15.1. The van der Waals surface area contributed by atoms with Crippen molar-refractivity contribution in [1.29, 1.82) is 0 Å². The van der Waals surface area contributed by atoms with Crippen LogP contribution in [-0.4, -0.2) is 0 Å². The number of rotatable bonds is 24. The van der Waals surface area contributed by atoms with Gasteiger partial charge in [0.2, 0.25) is 0 Å². The fourth-order valence-corrected chi connectivity index (χ4v) is 5.21. The van der Waals surface area contributed by atoms with E-state index in [0.717, 1.165) is 11.4 Å². The summed E-state index contributed by atoms with van der Waals surface area (Å²) in [5.74, 6) is 0. The standard InChI is InChI=1S/C36H58N2/c1-3-5-7-9-11-13-15-17-19-21-23-33-25-29-35(30-26-33)37-38-36-31-27-34(28-32-36)24-22-20-18-16-14-12-10-8-6-4-2/h25-32H,3-24H2,1-2H3. The molecule has 0 atom stereocenters. The van der Waals surface area contributed by atoms with Gasteiger partial charge in [0.05, 0.1) is 11.4 Å². The van der Waals surface area contributed by atoms with Crippen LogP contribution in [0.25, 0.3) is 0 Å². The molecule has 0 saturated heterocycles. The van der Waals surface area contributed by atoms with E-state index in [1.54, 1.807) is 0 Å². The minimum atomic E-state index is 0.936. The first-order chi connectivity index (χ1) is 18.8. The Morgan fingerprint density at radius 1 is 0.342 bits per heavy atom. The lowest BCUT2D eigenvalue weighted by Crippen LogP contribution is -1.86. The molecule has 2 aromatic rings. The molecule has 0 fully saturated rings. The first-order valence-electron chi connectivity index (χ1n) is 16.4. The zero-order valence-electron chi connectivity index (χ0n) is 25.1. The molecule has 0 N–H and O–H groups in total. The van der Waals surface area contributed by atoms with Crippen LogP contribution in [0.5, 0.6) is 0 Å². The highest BCUT2D eigenvalue weighted by molar-refractivity contribution is 5.42. The van der Waals surface area contributed by atoms with Gasteiger partial charge in [-0.2, -0.15) is 10.2 Å². The van der Waals surface area contributed by atoms with Gasteiger partial charge in [0.15, 0.2) is 0 Å². The molecule has 2 aromatic carbocycles. The van der Waals surface area contributed by atoms with E-state index >= 15 is 0 Å². The number of hydrogen-bond acceptors (Lipinski definition) is 2. The third-order valence-corrected chi connectivity index (χ3v) is 7.79. The molecular formula is C36H58N2. The highest BCUT2D eigenvalue weighted by Gasteiger charge is 1.99. The van der Waals surface area contributed by atoms with Crippen LogP contribution in [0.15, 0.2) is 58.8 Å². The van der Waals surface area contributed by atoms with Crippen molar-refractivity contribution >= 4 is 11.4 Å². The van der Waals surface area contributed by atoms with Crippen molar-refractivity contribution in [3.63, 3.8) is 0 Å². The second-order valence-corrected chi connectivity index (χ2v) is 11.4. The molecule has 212 valence electrons. The molecule has 0 aromatic heterocycles. The lowest BCUT2D eigenvalue weighted by molar-refractivity contribution is 0.556. The van der Waals surface area contributed by atoms with E-state index in [1.807, 2.05) is 0 Å². The van der Waals surface area contributed by atoms with Gasteiger partial charge in [-0.25, -0.2) is 0 Å². The van der Waals surface area contributed by atoms with Crippen molar-refractivity contribution < 1.29 is 0 Å². The number of aryl methyl sites for hydroxylation is 2. The lowest BCUT2D eigenvalue weighted by Gasteiger charge is -2.04. The SMILES string of the molecule is CCCCCCCCCCCCc1ccc(N=Nc2ccc(CCCCCCCCCCCC)cc2)cc1. The molecule has 2 heteroatoms. The van der Waals surface area contributed by atoms with E-state index in [4.69, 9.17) is 0 Å². The minimum Gasteiger partial charge on any atom is -0.151 e. The summed E-state index contributed by atoms with van der Waals surface area (Å²) in [6.07, 6.45) is 30.2.